The van der Waals surface area contributed by atoms with Crippen LogP contribution in [0.5, 0.6) is 0 Å². The summed E-state index contributed by atoms with van der Waals surface area (Å²) in [5.74, 6) is -1.81. The monoisotopic (exact) mass is 279 g/mol. The van der Waals surface area contributed by atoms with Crippen molar-refractivity contribution in [3.8, 4) is 0 Å². The molecule has 0 heterocycles. The van der Waals surface area contributed by atoms with Gasteiger partial charge in [0.1, 0.15) is 4.75 Å². The molecule has 1 amide bonds. The molecule has 0 saturated carbocycles. The fourth-order valence-electron chi connectivity index (χ4n) is 1.15. The highest BCUT2D eigenvalue weighted by atomic mass is 32.2. The Labute approximate surface area is 108 Å². The minimum Gasteiger partial charge on any atom is -0.481 e. The Morgan fingerprint density at radius 1 is 1.28 bits per heavy atom. The lowest BCUT2D eigenvalue weighted by Crippen LogP contribution is -2.52. The molecule has 0 radical (unpaired) electrons. The van der Waals surface area contributed by atoms with Crippen molar-refractivity contribution < 1.29 is 23.1 Å². The summed E-state index contributed by atoms with van der Waals surface area (Å²) in [6.45, 7) is 6.13. The summed E-state index contributed by atoms with van der Waals surface area (Å²) in [6.07, 6.45) is 0.747. The van der Waals surface area contributed by atoms with Crippen LogP contribution in [0.15, 0.2) is 0 Å². The molecule has 0 rings (SSSR count). The number of sulfone groups is 1. The quantitative estimate of drug-likeness (QED) is 0.734. The molecule has 6 nitrogen and oxygen atoms in total. The van der Waals surface area contributed by atoms with Crippen molar-refractivity contribution in [1.82, 2.24) is 5.32 Å². The Bertz CT molecular complexity index is 425. The number of carboxylic acids is 1. The molecule has 0 saturated heterocycles. The van der Waals surface area contributed by atoms with E-state index in [9.17, 15) is 18.0 Å². The van der Waals surface area contributed by atoms with Gasteiger partial charge in [0.15, 0.2) is 9.84 Å². The van der Waals surface area contributed by atoms with Gasteiger partial charge in [-0.15, -0.1) is 0 Å². The third-order valence-electron chi connectivity index (χ3n) is 2.99. The normalized spacial score (nSPS) is 14.3. The summed E-state index contributed by atoms with van der Waals surface area (Å²) >= 11 is 0. The van der Waals surface area contributed by atoms with Gasteiger partial charge in [0.25, 0.3) is 0 Å². The first kappa shape index (κ1) is 16.9. The molecular weight excluding hydrogens is 258 g/mol. The molecule has 0 aliphatic heterocycles. The average Bonchev–Trinajstić information content (AvgIpc) is 2.13. The number of aliphatic carboxylic acids is 1. The molecule has 7 heteroatoms. The zero-order valence-electron chi connectivity index (χ0n) is 11.4. The first-order valence-corrected chi connectivity index (χ1v) is 7.51. The minimum atomic E-state index is -3.56. The Morgan fingerprint density at radius 3 is 2.00 bits per heavy atom. The van der Waals surface area contributed by atoms with Crippen LogP contribution in [0, 0.1) is 5.92 Å². The lowest BCUT2D eigenvalue weighted by atomic mass is 10.00. The van der Waals surface area contributed by atoms with Crippen LogP contribution in [0.2, 0.25) is 0 Å². The Morgan fingerprint density at radius 2 is 1.72 bits per heavy atom. The molecule has 0 fully saturated rings. The van der Waals surface area contributed by atoms with Gasteiger partial charge in [-0.1, -0.05) is 13.8 Å². The van der Waals surface area contributed by atoms with Crippen molar-refractivity contribution in [3.63, 3.8) is 0 Å². The molecule has 18 heavy (non-hydrogen) atoms. The van der Waals surface area contributed by atoms with Crippen molar-refractivity contribution in [2.75, 3.05) is 6.26 Å². The van der Waals surface area contributed by atoms with E-state index in [1.54, 1.807) is 13.8 Å². The number of hydrogen-bond acceptors (Lipinski definition) is 4. The molecule has 0 spiro atoms. The predicted molar refractivity (Wildman–Crippen MR) is 67.9 cm³/mol. The van der Waals surface area contributed by atoms with Crippen molar-refractivity contribution >= 4 is 21.7 Å². The second kappa shape index (κ2) is 5.69. The third-order valence-corrected chi connectivity index (χ3v) is 5.03. The minimum absolute atomic E-state index is 0.0968. The van der Waals surface area contributed by atoms with Gasteiger partial charge in [-0.2, -0.15) is 0 Å². The van der Waals surface area contributed by atoms with E-state index < -0.39 is 32.5 Å². The van der Waals surface area contributed by atoms with Gasteiger partial charge in [-0.25, -0.2) is 8.42 Å². The zero-order valence-corrected chi connectivity index (χ0v) is 12.2. The Hall–Kier alpha value is -1.11. The third kappa shape index (κ3) is 4.29. The molecule has 0 aromatic rings. The maximum absolute atomic E-state index is 11.9. The number of carboxylic acid groups (broad SMARTS) is 1. The molecular formula is C11H21NO5S. The van der Waals surface area contributed by atoms with Gasteiger partial charge in [0.2, 0.25) is 5.91 Å². The molecule has 1 atom stereocenters. The summed E-state index contributed by atoms with van der Waals surface area (Å²) in [7, 11) is -3.56. The van der Waals surface area contributed by atoms with Crippen LogP contribution in [0.25, 0.3) is 0 Å². The summed E-state index contributed by atoms with van der Waals surface area (Å²) < 4.78 is 21.4. The SMILES string of the molecule is CC(C)C(CC(=O)O)NC(=O)C(C)(C)S(C)(=O)=O. The molecule has 2 N–H and O–H groups in total. The van der Waals surface area contributed by atoms with E-state index in [0.29, 0.717) is 0 Å². The first-order chi connectivity index (χ1) is 7.89. The predicted octanol–water partition coefficient (Wildman–Crippen LogP) is 0.425. The average molecular weight is 279 g/mol. The van der Waals surface area contributed by atoms with E-state index in [0.717, 1.165) is 6.26 Å². The lowest BCUT2D eigenvalue weighted by molar-refractivity contribution is -0.138. The highest BCUT2D eigenvalue weighted by Crippen LogP contribution is 2.17. The number of rotatable bonds is 6. The molecule has 1 unspecified atom stereocenters. The van der Waals surface area contributed by atoms with Crippen LogP contribution in [-0.4, -0.2) is 42.4 Å². The fourth-order valence-corrected chi connectivity index (χ4v) is 1.55. The fraction of sp³-hybridized carbons (Fsp3) is 0.818. The largest absolute Gasteiger partial charge is 0.481 e. The summed E-state index contributed by atoms with van der Waals surface area (Å²) in [5, 5.41) is 11.2. The second-order valence-electron chi connectivity index (χ2n) is 5.20. The van der Waals surface area contributed by atoms with E-state index in [1.165, 1.54) is 13.8 Å². The van der Waals surface area contributed by atoms with Crippen LogP contribution in [0.4, 0.5) is 0 Å². The molecule has 106 valence electrons. The van der Waals surface area contributed by atoms with E-state index in [1.807, 2.05) is 0 Å². The number of hydrogen-bond donors (Lipinski definition) is 2. The number of nitrogens with one attached hydrogen (secondary N) is 1. The van der Waals surface area contributed by atoms with E-state index >= 15 is 0 Å². The van der Waals surface area contributed by atoms with Crippen LogP contribution < -0.4 is 5.32 Å². The standard InChI is InChI=1S/C11H21NO5S/c1-7(2)8(6-9(13)14)12-10(15)11(3,4)18(5,16)17/h7-8H,6H2,1-5H3,(H,12,15)(H,13,14). The topological polar surface area (TPSA) is 101 Å². The van der Waals surface area contributed by atoms with E-state index in [4.69, 9.17) is 5.11 Å². The van der Waals surface area contributed by atoms with Gasteiger partial charge in [0.05, 0.1) is 6.42 Å². The van der Waals surface area contributed by atoms with Crippen molar-refractivity contribution in [2.24, 2.45) is 5.92 Å². The maximum Gasteiger partial charge on any atom is 0.305 e. The van der Waals surface area contributed by atoms with Gasteiger partial charge in [0, 0.05) is 12.3 Å². The number of amides is 1. The smallest absolute Gasteiger partial charge is 0.305 e. The summed E-state index contributed by atoms with van der Waals surface area (Å²) in [5.41, 5.74) is 0. The summed E-state index contributed by atoms with van der Waals surface area (Å²) in [4.78, 5) is 22.6. The van der Waals surface area contributed by atoms with Crippen LogP contribution in [-0.2, 0) is 19.4 Å². The highest BCUT2D eigenvalue weighted by Gasteiger charge is 2.39. The van der Waals surface area contributed by atoms with E-state index in [2.05, 4.69) is 5.32 Å². The Kier molecular flexibility index (Phi) is 5.34. The van der Waals surface area contributed by atoms with Gasteiger partial charge >= 0.3 is 5.97 Å². The highest BCUT2D eigenvalue weighted by molar-refractivity contribution is 7.92. The van der Waals surface area contributed by atoms with Gasteiger partial charge in [-0.3, -0.25) is 9.59 Å². The van der Waals surface area contributed by atoms with Gasteiger partial charge in [-0.05, 0) is 19.8 Å². The second-order valence-corrected chi connectivity index (χ2v) is 7.77. The van der Waals surface area contributed by atoms with Gasteiger partial charge < -0.3 is 10.4 Å². The first-order valence-electron chi connectivity index (χ1n) is 5.62. The summed E-state index contributed by atoms with van der Waals surface area (Å²) in [6, 6.07) is -0.587. The number of carbonyl (C=O) groups is 2. The maximum atomic E-state index is 11.9. The van der Waals surface area contributed by atoms with Crippen molar-refractivity contribution in [1.29, 1.82) is 0 Å². The van der Waals surface area contributed by atoms with Crippen molar-refractivity contribution in [2.45, 2.75) is 44.9 Å². The molecule has 0 aliphatic rings. The van der Waals surface area contributed by atoms with Crippen LogP contribution in [0.3, 0.4) is 0 Å². The molecule has 0 aromatic carbocycles. The van der Waals surface area contributed by atoms with Crippen LogP contribution in [0.1, 0.15) is 34.1 Å². The molecule has 0 bridgehead atoms. The van der Waals surface area contributed by atoms with E-state index in [-0.39, 0.29) is 12.3 Å². The zero-order chi connectivity index (χ0) is 14.7. The lowest BCUT2D eigenvalue weighted by Gasteiger charge is -2.27. The molecule has 0 aliphatic carbocycles. The number of carbonyl (C=O) groups excluding carboxylic acids is 1. The van der Waals surface area contributed by atoms with Crippen molar-refractivity contribution in [3.05, 3.63) is 0 Å². The molecule has 0 aromatic heterocycles. The van der Waals surface area contributed by atoms with Crippen LogP contribution >= 0.6 is 0 Å². The Balaban J connectivity index is 4.97.